The number of hydrogen-bond acceptors (Lipinski definition) is 4. The minimum absolute atomic E-state index is 0.117. The summed E-state index contributed by atoms with van der Waals surface area (Å²) < 4.78 is 42.9. The standard InChI is InChI=1S/C16H19F3N2O3/c17-16(18,19)10-6-7-12(13(20)8-10)15(23)21-9-14(22)24-11-4-2-1-3-5-11/h6-8,11H,1-5,9,20H2,(H,21,23). The minimum atomic E-state index is -4.53. The molecule has 132 valence electrons. The van der Waals surface area contributed by atoms with E-state index in [0.29, 0.717) is 6.07 Å². The van der Waals surface area contributed by atoms with Crippen molar-refractivity contribution in [2.45, 2.75) is 44.4 Å². The van der Waals surface area contributed by atoms with Crippen LogP contribution in [-0.2, 0) is 15.7 Å². The van der Waals surface area contributed by atoms with Gasteiger partial charge < -0.3 is 15.8 Å². The molecule has 1 aliphatic rings. The van der Waals surface area contributed by atoms with Gasteiger partial charge in [-0.2, -0.15) is 13.2 Å². The van der Waals surface area contributed by atoms with Crippen molar-refractivity contribution in [2.75, 3.05) is 12.3 Å². The molecule has 1 amide bonds. The molecule has 0 atom stereocenters. The average Bonchev–Trinajstić information content (AvgIpc) is 2.52. The van der Waals surface area contributed by atoms with Crippen molar-refractivity contribution >= 4 is 17.6 Å². The van der Waals surface area contributed by atoms with E-state index in [2.05, 4.69) is 5.32 Å². The number of amides is 1. The third-order valence-corrected chi connectivity index (χ3v) is 3.87. The zero-order valence-electron chi connectivity index (χ0n) is 13.0. The molecule has 1 fully saturated rings. The van der Waals surface area contributed by atoms with Gasteiger partial charge >= 0.3 is 12.1 Å². The number of carbonyl (C=O) groups is 2. The van der Waals surface area contributed by atoms with E-state index in [-0.39, 0.29) is 23.9 Å². The molecule has 24 heavy (non-hydrogen) atoms. The summed E-state index contributed by atoms with van der Waals surface area (Å²) in [6, 6.07) is 2.45. The van der Waals surface area contributed by atoms with Crippen LogP contribution in [0.15, 0.2) is 18.2 Å². The summed E-state index contributed by atoms with van der Waals surface area (Å²) in [7, 11) is 0. The van der Waals surface area contributed by atoms with E-state index in [1.807, 2.05) is 0 Å². The summed E-state index contributed by atoms with van der Waals surface area (Å²) in [5.74, 6) is -1.29. The number of carbonyl (C=O) groups excluding carboxylic acids is 2. The lowest BCUT2D eigenvalue weighted by molar-refractivity contribution is -0.149. The number of alkyl halides is 3. The summed E-state index contributed by atoms with van der Waals surface area (Å²) in [5, 5.41) is 2.31. The number of hydrogen-bond donors (Lipinski definition) is 2. The van der Waals surface area contributed by atoms with Gasteiger partial charge in [0.2, 0.25) is 0 Å². The van der Waals surface area contributed by atoms with Crippen LogP contribution in [0.1, 0.15) is 48.0 Å². The van der Waals surface area contributed by atoms with E-state index >= 15 is 0 Å². The van der Waals surface area contributed by atoms with Crippen LogP contribution in [-0.4, -0.2) is 24.5 Å². The van der Waals surface area contributed by atoms with Crippen molar-refractivity contribution in [2.24, 2.45) is 0 Å². The molecule has 0 unspecified atom stereocenters. The normalized spacial score (nSPS) is 15.8. The van der Waals surface area contributed by atoms with Crippen LogP contribution < -0.4 is 11.1 Å². The van der Waals surface area contributed by atoms with Gasteiger partial charge in [0.05, 0.1) is 11.1 Å². The number of ether oxygens (including phenoxy) is 1. The van der Waals surface area contributed by atoms with Crippen molar-refractivity contribution in [1.29, 1.82) is 0 Å². The number of anilines is 1. The summed E-state index contributed by atoms with van der Waals surface area (Å²) >= 11 is 0. The van der Waals surface area contributed by atoms with Crippen LogP contribution >= 0.6 is 0 Å². The average molecular weight is 344 g/mol. The van der Waals surface area contributed by atoms with Crippen molar-refractivity contribution in [3.63, 3.8) is 0 Å². The fraction of sp³-hybridized carbons (Fsp3) is 0.500. The van der Waals surface area contributed by atoms with Gasteiger partial charge in [0, 0.05) is 5.69 Å². The molecule has 8 heteroatoms. The molecule has 1 aliphatic carbocycles. The minimum Gasteiger partial charge on any atom is -0.461 e. The maximum Gasteiger partial charge on any atom is 0.416 e. The highest BCUT2D eigenvalue weighted by Crippen LogP contribution is 2.31. The van der Waals surface area contributed by atoms with Crippen molar-refractivity contribution < 1.29 is 27.5 Å². The quantitative estimate of drug-likeness (QED) is 0.650. The van der Waals surface area contributed by atoms with Gasteiger partial charge in [-0.3, -0.25) is 9.59 Å². The number of nitrogens with one attached hydrogen (secondary N) is 1. The third-order valence-electron chi connectivity index (χ3n) is 3.87. The fourth-order valence-corrected chi connectivity index (χ4v) is 2.60. The van der Waals surface area contributed by atoms with Gasteiger partial charge in [-0.1, -0.05) is 6.42 Å². The maximum absolute atomic E-state index is 12.6. The highest BCUT2D eigenvalue weighted by Gasteiger charge is 2.31. The Morgan fingerprint density at radius 2 is 1.88 bits per heavy atom. The second kappa shape index (κ2) is 7.55. The smallest absolute Gasteiger partial charge is 0.416 e. The second-order valence-electron chi connectivity index (χ2n) is 5.73. The van der Waals surface area contributed by atoms with E-state index in [1.54, 1.807) is 0 Å². The molecule has 2 rings (SSSR count). The zero-order chi connectivity index (χ0) is 17.7. The number of esters is 1. The molecule has 0 bridgehead atoms. The highest BCUT2D eigenvalue weighted by molar-refractivity contribution is 6.00. The van der Waals surface area contributed by atoms with Crippen molar-refractivity contribution in [3.05, 3.63) is 29.3 Å². The number of halogens is 3. The van der Waals surface area contributed by atoms with E-state index in [0.717, 1.165) is 44.2 Å². The Morgan fingerprint density at radius 3 is 2.46 bits per heavy atom. The first-order valence-electron chi connectivity index (χ1n) is 7.72. The van der Waals surface area contributed by atoms with Gasteiger partial charge in [0.1, 0.15) is 12.6 Å². The molecule has 1 aromatic carbocycles. The molecular formula is C16H19F3N2O3. The molecular weight excluding hydrogens is 325 g/mol. The van der Waals surface area contributed by atoms with Gasteiger partial charge in [-0.25, -0.2) is 0 Å². The van der Waals surface area contributed by atoms with Gasteiger partial charge in [-0.05, 0) is 43.9 Å². The first kappa shape index (κ1) is 18.1. The first-order chi connectivity index (χ1) is 11.3. The summed E-state index contributed by atoms with van der Waals surface area (Å²) in [6.07, 6.45) is 0.0973. The molecule has 0 aliphatic heterocycles. The van der Waals surface area contributed by atoms with Crippen LogP contribution in [0.5, 0.6) is 0 Å². The van der Waals surface area contributed by atoms with E-state index < -0.39 is 23.6 Å². The summed E-state index contributed by atoms with van der Waals surface area (Å²) in [5.41, 5.74) is 4.14. The predicted molar refractivity (Wildman–Crippen MR) is 81.2 cm³/mol. The van der Waals surface area contributed by atoms with Gasteiger partial charge in [0.15, 0.2) is 0 Å². The van der Waals surface area contributed by atoms with Crippen LogP contribution in [0.3, 0.4) is 0 Å². The topological polar surface area (TPSA) is 81.4 Å². The van der Waals surface area contributed by atoms with E-state index in [1.165, 1.54) is 0 Å². The lowest BCUT2D eigenvalue weighted by atomic mass is 9.98. The lowest BCUT2D eigenvalue weighted by Gasteiger charge is -2.21. The summed E-state index contributed by atoms with van der Waals surface area (Å²) in [6.45, 7) is -0.351. The Morgan fingerprint density at radius 1 is 1.21 bits per heavy atom. The van der Waals surface area contributed by atoms with Gasteiger partial charge in [-0.15, -0.1) is 0 Å². The monoisotopic (exact) mass is 344 g/mol. The van der Waals surface area contributed by atoms with Crippen molar-refractivity contribution in [1.82, 2.24) is 5.32 Å². The predicted octanol–water partition coefficient (Wildman–Crippen LogP) is 2.89. The molecule has 0 spiro atoms. The van der Waals surface area contributed by atoms with Crippen LogP contribution in [0.25, 0.3) is 0 Å². The Bertz CT molecular complexity index is 611. The van der Waals surface area contributed by atoms with Crippen LogP contribution in [0, 0.1) is 0 Å². The number of rotatable bonds is 4. The number of nitrogen functional groups attached to an aromatic ring is 1. The van der Waals surface area contributed by atoms with E-state index in [9.17, 15) is 22.8 Å². The number of benzene rings is 1. The molecule has 1 aromatic rings. The second-order valence-corrected chi connectivity index (χ2v) is 5.73. The maximum atomic E-state index is 12.6. The third kappa shape index (κ3) is 4.87. The lowest BCUT2D eigenvalue weighted by Crippen LogP contribution is -2.33. The van der Waals surface area contributed by atoms with Crippen LogP contribution in [0.2, 0.25) is 0 Å². The highest BCUT2D eigenvalue weighted by atomic mass is 19.4. The Hall–Kier alpha value is -2.25. The van der Waals surface area contributed by atoms with Crippen LogP contribution in [0.4, 0.5) is 18.9 Å². The molecule has 5 nitrogen and oxygen atoms in total. The molecule has 0 aromatic heterocycles. The molecule has 3 N–H and O–H groups in total. The molecule has 0 heterocycles. The van der Waals surface area contributed by atoms with Crippen molar-refractivity contribution in [3.8, 4) is 0 Å². The molecule has 0 saturated heterocycles. The fourth-order valence-electron chi connectivity index (χ4n) is 2.60. The Labute approximate surface area is 137 Å². The SMILES string of the molecule is Nc1cc(C(F)(F)F)ccc1C(=O)NCC(=O)OC1CCCCC1. The van der Waals surface area contributed by atoms with E-state index in [4.69, 9.17) is 10.5 Å². The number of nitrogens with two attached hydrogens (primary N) is 1. The first-order valence-corrected chi connectivity index (χ1v) is 7.72. The summed E-state index contributed by atoms with van der Waals surface area (Å²) in [4.78, 5) is 23.6. The molecule has 0 radical (unpaired) electrons. The van der Waals surface area contributed by atoms with Gasteiger partial charge in [0.25, 0.3) is 5.91 Å². The Balaban J connectivity index is 1.89. The zero-order valence-corrected chi connectivity index (χ0v) is 13.0. The largest absolute Gasteiger partial charge is 0.461 e. The molecule has 1 saturated carbocycles. The Kier molecular flexibility index (Phi) is 5.69.